The lowest BCUT2D eigenvalue weighted by Crippen LogP contribution is -2.30. The minimum Gasteiger partial charge on any atom is -0.315 e. The molecule has 5 heteroatoms. The number of anilines is 1. The average molecular weight is 327 g/mol. The van der Waals surface area contributed by atoms with Gasteiger partial charge in [-0.05, 0) is 55.9 Å². The third-order valence-electron chi connectivity index (χ3n) is 3.99. The average Bonchev–Trinajstić information content (AvgIpc) is 2.49. The molecule has 0 aliphatic heterocycles. The van der Waals surface area contributed by atoms with E-state index in [4.69, 9.17) is 0 Å². The van der Waals surface area contributed by atoms with E-state index < -0.39 is 5.91 Å². The number of nitrogens with zero attached hydrogens (tertiary/aromatic N) is 2. The normalized spacial score (nSPS) is 10.9. The van der Waals surface area contributed by atoms with Crippen molar-refractivity contribution in [2.24, 2.45) is 5.92 Å². The first-order chi connectivity index (χ1) is 11.3. The molecule has 2 aromatic rings. The summed E-state index contributed by atoms with van der Waals surface area (Å²) in [6, 6.07) is 3.76. The summed E-state index contributed by atoms with van der Waals surface area (Å²) >= 11 is 0. The summed E-state index contributed by atoms with van der Waals surface area (Å²) in [5.74, 6) is 0.577. The molecule has 0 bridgehead atoms. The SMILES string of the molecule is Cc1cnc(NC(=O)c2c(C)ccn(CCC(C)C)c2=O)c(C)c1. The second-order valence-corrected chi connectivity index (χ2v) is 6.69. The topological polar surface area (TPSA) is 64.0 Å². The molecule has 1 amide bonds. The van der Waals surface area contributed by atoms with Crippen molar-refractivity contribution >= 4 is 11.7 Å². The van der Waals surface area contributed by atoms with Crippen LogP contribution < -0.4 is 10.9 Å². The molecule has 24 heavy (non-hydrogen) atoms. The quantitative estimate of drug-likeness (QED) is 0.914. The molecule has 5 nitrogen and oxygen atoms in total. The molecular weight excluding hydrogens is 302 g/mol. The molecule has 2 rings (SSSR count). The van der Waals surface area contributed by atoms with Gasteiger partial charge in [-0.2, -0.15) is 0 Å². The Morgan fingerprint density at radius 1 is 1.25 bits per heavy atom. The fourth-order valence-electron chi connectivity index (χ4n) is 2.53. The van der Waals surface area contributed by atoms with Crippen molar-refractivity contribution in [2.75, 3.05) is 5.32 Å². The maximum absolute atomic E-state index is 12.7. The molecule has 0 atom stereocenters. The van der Waals surface area contributed by atoms with E-state index in [1.807, 2.05) is 26.0 Å². The molecule has 2 aromatic heterocycles. The van der Waals surface area contributed by atoms with E-state index in [0.29, 0.717) is 23.8 Å². The number of hydrogen-bond acceptors (Lipinski definition) is 3. The van der Waals surface area contributed by atoms with E-state index in [1.165, 1.54) is 0 Å². The van der Waals surface area contributed by atoms with Crippen molar-refractivity contribution in [3.63, 3.8) is 0 Å². The number of amides is 1. The fourth-order valence-corrected chi connectivity index (χ4v) is 2.53. The van der Waals surface area contributed by atoms with E-state index in [2.05, 4.69) is 24.1 Å². The van der Waals surface area contributed by atoms with Crippen LogP contribution in [0.2, 0.25) is 0 Å². The Balaban J connectivity index is 2.31. The van der Waals surface area contributed by atoms with Gasteiger partial charge in [-0.1, -0.05) is 19.9 Å². The van der Waals surface area contributed by atoms with Crippen LogP contribution in [0.15, 0.2) is 29.3 Å². The molecule has 0 aromatic carbocycles. The summed E-state index contributed by atoms with van der Waals surface area (Å²) in [6.07, 6.45) is 4.34. The Morgan fingerprint density at radius 3 is 2.58 bits per heavy atom. The molecule has 0 unspecified atom stereocenters. The van der Waals surface area contributed by atoms with Crippen LogP contribution >= 0.6 is 0 Å². The summed E-state index contributed by atoms with van der Waals surface area (Å²) in [4.78, 5) is 29.5. The highest BCUT2D eigenvalue weighted by molar-refractivity contribution is 6.04. The van der Waals surface area contributed by atoms with Crippen LogP contribution in [0.3, 0.4) is 0 Å². The predicted octanol–water partition coefficient (Wildman–Crippen LogP) is 3.47. The molecule has 0 spiro atoms. The van der Waals surface area contributed by atoms with Crippen molar-refractivity contribution in [3.8, 4) is 0 Å². The maximum atomic E-state index is 12.7. The van der Waals surface area contributed by atoms with Crippen LogP contribution in [0.5, 0.6) is 0 Å². The summed E-state index contributed by atoms with van der Waals surface area (Å²) in [5, 5.41) is 2.76. The highest BCUT2D eigenvalue weighted by atomic mass is 16.2. The molecule has 1 N–H and O–H groups in total. The fraction of sp³-hybridized carbons (Fsp3) is 0.421. The maximum Gasteiger partial charge on any atom is 0.263 e. The Hall–Kier alpha value is -2.43. The van der Waals surface area contributed by atoms with Gasteiger partial charge in [-0.25, -0.2) is 4.98 Å². The lowest BCUT2D eigenvalue weighted by atomic mass is 10.1. The van der Waals surface area contributed by atoms with Gasteiger partial charge in [0, 0.05) is 18.9 Å². The standard InChI is InChI=1S/C19H25N3O2/c1-12(2)6-8-22-9-7-14(4)16(19(22)24)18(23)21-17-15(5)10-13(3)11-20-17/h7,9-12H,6,8H2,1-5H3,(H,20,21,23). The molecule has 0 saturated heterocycles. The summed E-state index contributed by atoms with van der Waals surface area (Å²) < 4.78 is 1.61. The van der Waals surface area contributed by atoms with Crippen LogP contribution in [0.1, 0.15) is 47.3 Å². The van der Waals surface area contributed by atoms with Gasteiger partial charge >= 0.3 is 0 Å². The van der Waals surface area contributed by atoms with E-state index in [0.717, 1.165) is 17.5 Å². The van der Waals surface area contributed by atoms with E-state index in [-0.39, 0.29) is 11.1 Å². The minimum absolute atomic E-state index is 0.183. The van der Waals surface area contributed by atoms with Crippen LogP contribution in [0, 0.1) is 26.7 Å². The highest BCUT2D eigenvalue weighted by Crippen LogP contribution is 2.14. The number of aryl methyl sites for hydroxylation is 4. The zero-order chi connectivity index (χ0) is 17.9. The lowest BCUT2D eigenvalue weighted by molar-refractivity contribution is 0.102. The van der Waals surface area contributed by atoms with Crippen molar-refractivity contribution in [3.05, 3.63) is 57.1 Å². The van der Waals surface area contributed by atoms with Gasteiger partial charge in [0.15, 0.2) is 0 Å². The Bertz CT molecular complexity index is 807. The molecule has 0 fully saturated rings. The van der Waals surface area contributed by atoms with Gasteiger partial charge in [0.1, 0.15) is 11.4 Å². The molecule has 0 saturated carbocycles. The van der Waals surface area contributed by atoms with Crippen LogP contribution in [-0.4, -0.2) is 15.5 Å². The molecule has 0 aliphatic rings. The second-order valence-electron chi connectivity index (χ2n) is 6.69. The number of carbonyl (C=O) groups is 1. The number of pyridine rings is 2. The minimum atomic E-state index is -0.407. The van der Waals surface area contributed by atoms with Gasteiger partial charge in [-0.3, -0.25) is 9.59 Å². The zero-order valence-electron chi connectivity index (χ0n) is 15.0. The Labute approximate surface area is 142 Å². The number of aromatic nitrogens is 2. The first-order valence-corrected chi connectivity index (χ1v) is 8.24. The molecule has 0 aliphatic carbocycles. The van der Waals surface area contributed by atoms with Crippen molar-refractivity contribution in [1.82, 2.24) is 9.55 Å². The molecule has 128 valence electrons. The van der Waals surface area contributed by atoms with Gasteiger partial charge < -0.3 is 9.88 Å². The van der Waals surface area contributed by atoms with Crippen molar-refractivity contribution in [1.29, 1.82) is 0 Å². The van der Waals surface area contributed by atoms with Crippen LogP contribution in [-0.2, 0) is 6.54 Å². The van der Waals surface area contributed by atoms with Gasteiger partial charge in [0.25, 0.3) is 11.5 Å². The zero-order valence-corrected chi connectivity index (χ0v) is 15.0. The van der Waals surface area contributed by atoms with Gasteiger partial charge in [0.05, 0.1) is 0 Å². The molecule has 2 heterocycles. The number of hydrogen-bond donors (Lipinski definition) is 1. The number of nitrogens with one attached hydrogen (secondary N) is 1. The van der Waals surface area contributed by atoms with Crippen LogP contribution in [0.4, 0.5) is 5.82 Å². The first kappa shape index (κ1) is 17.9. The van der Waals surface area contributed by atoms with Gasteiger partial charge in [-0.15, -0.1) is 0 Å². The monoisotopic (exact) mass is 327 g/mol. The van der Waals surface area contributed by atoms with Gasteiger partial charge in [0.2, 0.25) is 0 Å². The third kappa shape index (κ3) is 4.10. The summed E-state index contributed by atoms with van der Waals surface area (Å²) in [5.41, 5.74) is 2.50. The van der Waals surface area contributed by atoms with E-state index >= 15 is 0 Å². The first-order valence-electron chi connectivity index (χ1n) is 8.24. The Kier molecular flexibility index (Phi) is 5.54. The Morgan fingerprint density at radius 2 is 1.96 bits per heavy atom. The van der Waals surface area contributed by atoms with Crippen molar-refractivity contribution < 1.29 is 4.79 Å². The molecule has 0 radical (unpaired) electrons. The van der Waals surface area contributed by atoms with E-state index in [1.54, 1.807) is 23.9 Å². The number of carbonyl (C=O) groups excluding carboxylic acids is 1. The largest absolute Gasteiger partial charge is 0.315 e. The second kappa shape index (κ2) is 7.43. The van der Waals surface area contributed by atoms with Crippen molar-refractivity contribution in [2.45, 2.75) is 47.6 Å². The highest BCUT2D eigenvalue weighted by Gasteiger charge is 2.17. The summed E-state index contributed by atoms with van der Waals surface area (Å²) in [6.45, 7) is 10.4. The smallest absolute Gasteiger partial charge is 0.263 e. The van der Waals surface area contributed by atoms with E-state index in [9.17, 15) is 9.59 Å². The third-order valence-corrected chi connectivity index (χ3v) is 3.99. The molecular formula is C19H25N3O2. The summed E-state index contributed by atoms with van der Waals surface area (Å²) in [7, 11) is 0. The lowest BCUT2D eigenvalue weighted by Gasteiger charge is -2.13. The predicted molar refractivity (Wildman–Crippen MR) is 96.6 cm³/mol. The van der Waals surface area contributed by atoms with Crippen LogP contribution in [0.25, 0.3) is 0 Å². The number of rotatable bonds is 5.